The predicted molar refractivity (Wildman–Crippen MR) is 77.0 cm³/mol. The lowest BCUT2D eigenvalue weighted by molar-refractivity contribution is 0.306. The predicted octanol–water partition coefficient (Wildman–Crippen LogP) is 2.39. The fourth-order valence-electron chi connectivity index (χ4n) is 1.65. The van der Waals surface area contributed by atoms with Crippen molar-refractivity contribution in [1.29, 1.82) is 0 Å². The van der Waals surface area contributed by atoms with E-state index in [1.54, 1.807) is 18.2 Å². The number of ether oxygens (including phenoxy) is 1. The molecule has 0 atom stereocenters. The van der Waals surface area contributed by atoms with Crippen molar-refractivity contribution in [3.05, 3.63) is 57.8 Å². The molecule has 0 aromatic heterocycles. The summed E-state index contributed by atoms with van der Waals surface area (Å²) < 4.78 is 18.5. The first-order valence-corrected chi connectivity index (χ1v) is 6.45. The molecule has 0 saturated heterocycles. The monoisotopic (exact) mass is 314 g/mol. The summed E-state index contributed by atoms with van der Waals surface area (Å²) in [7, 11) is -1.82. The van der Waals surface area contributed by atoms with Crippen LogP contribution in [0.5, 0.6) is 5.75 Å². The standard InChI is InChI=1S/C13H10BCl2FO3/c15-9-2-1-8(12(16)5-9)7-20-13-4-3-10(17)6-11(13)14(18)19/h1-6,18-19H,7H2. The van der Waals surface area contributed by atoms with Crippen LogP contribution in [-0.4, -0.2) is 17.2 Å². The topological polar surface area (TPSA) is 49.7 Å². The Morgan fingerprint density at radius 1 is 1.10 bits per heavy atom. The van der Waals surface area contributed by atoms with Crippen LogP contribution in [-0.2, 0) is 6.61 Å². The van der Waals surface area contributed by atoms with Gasteiger partial charge >= 0.3 is 7.12 Å². The molecule has 2 rings (SSSR count). The van der Waals surface area contributed by atoms with E-state index in [9.17, 15) is 14.4 Å². The highest BCUT2D eigenvalue weighted by Gasteiger charge is 2.18. The van der Waals surface area contributed by atoms with Gasteiger partial charge in [-0.2, -0.15) is 0 Å². The second-order valence-electron chi connectivity index (χ2n) is 4.08. The van der Waals surface area contributed by atoms with Crippen molar-refractivity contribution < 1.29 is 19.2 Å². The van der Waals surface area contributed by atoms with Gasteiger partial charge in [0.1, 0.15) is 18.2 Å². The van der Waals surface area contributed by atoms with E-state index >= 15 is 0 Å². The van der Waals surface area contributed by atoms with Gasteiger partial charge in [-0.25, -0.2) is 4.39 Å². The third kappa shape index (κ3) is 3.64. The molecule has 104 valence electrons. The van der Waals surface area contributed by atoms with Crippen molar-refractivity contribution in [3.8, 4) is 5.75 Å². The van der Waals surface area contributed by atoms with Gasteiger partial charge in [-0.15, -0.1) is 0 Å². The van der Waals surface area contributed by atoms with Crippen LogP contribution in [0.2, 0.25) is 10.0 Å². The van der Waals surface area contributed by atoms with E-state index in [2.05, 4.69) is 0 Å². The molecule has 0 fully saturated rings. The number of halogens is 3. The molecule has 0 radical (unpaired) electrons. The van der Waals surface area contributed by atoms with Crippen molar-refractivity contribution >= 4 is 35.8 Å². The van der Waals surface area contributed by atoms with Gasteiger partial charge in [0, 0.05) is 21.1 Å². The van der Waals surface area contributed by atoms with Crippen LogP contribution in [0.4, 0.5) is 4.39 Å². The van der Waals surface area contributed by atoms with E-state index in [-0.39, 0.29) is 17.8 Å². The third-order valence-electron chi connectivity index (χ3n) is 2.65. The van der Waals surface area contributed by atoms with E-state index in [1.807, 2.05) is 0 Å². The molecular formula is C13H10BCl2FO3. The van der Waals surface area contributed by atoms with Crippen LogP contribution in [0, 0.1) is 5.82 Å². The summed E-state index contributed by atoms with van der Waals surface area (Å²) in [6.07, 6.45) is 0. The molecule has 0 heterocycles. The molecule has 2 N–H and O–H groups in total. The largest absolute Gasteiger partial charge is 0.492 e. The molecule has 0 spiro atoms. The smallest absolute Gasteiger partial charge is 0.489 e. The molecule has 0 aliphatic heterocycles. The number of benzene rings is 2. The minimum absolute atomic E-state index is 0.0462. The summed E-state index contributed by atoms with van der Waals surface area (Å²) in [6.45, 7) is 0.0986. The van der Waals surface area contributed by atoms with Crippen molar-refractivity contribution in [2.45, 2.75) is 6.61 Å². The second-order valence-corrected chi connectivity index (χ2v) is 4.92. The second kappa shape index (κ2) is 6.46. The Bertz CT molecular complexity index is 623. The Balaban J connectivity index is 2.18. The highest BCUT2D eigenvalue weighted by molar-refractivity contribution is 6.59. The molecule has 7 heteroatoms. The Morgan fingerprint density at radius 2 is 1.85 bits per heavy atom. The highest BCUT2D eigenvalue weighted by Crippen LogP contribution is 2.22. The van der Waals surface area contributed by atoms with Crippen LogP contribution < -0.4 is 10.2 Å². The molecule has 2 aromatic rings. The van der Waals surface area contributed by atoms with Crippen molar-refractivity contribution in [2.75, 3.05) is 0 Å². The maximum Gasteiger partial charge on any atom is 0.492 e. The quantitative estimate of drug-likeness (QED) is 0.852. The minimum atomic E-state index is -1.82. The van der Waals surface area contributed by atoms with Gasteiger partial charge in [0.05, 0.1) is 0 Å². The number of hydrogen-bond acceptors (Lipinski definition) is 3. The van der Waals surface area contributed by atoms with Crippen molar-refractivity contribution in [2.24, 2.45) is 0 Å². The van der Waals surface area contributed by atoms with Crippen molar-refractivity contribution in [1.82, 2.24) is 0 Å². The SMILES string of the molecule is OB(O)c1cc(F)ccc1OCc1ccc(Cl)cc1Cl. The molecule has 0 unspecified atom stereocenters. The normalized spacial score (nSPS) is 10.4. The Kier molecular flexibility index (Phi) is 4.88. The first-order valence-electron chi connectivity index (χ1n) is 5.69. The third-order valence-corrected chi connectivity index (χ3v) is 3.24. The summed E-state index contributed by atoms with van der Waals surface area (Å²) >= 11 is 11.8. The lowest BCUT2D eigenvalue weighted by atomic mass is 9.79. The fraction of sp³-hybridized carbons (Fsp3) is 0.0769. The molecule has 0 aliphatic carbocycles. The molecule has 0 bridgehead atoms. The zero-order chi connectivity index (χ0) is 14.7. The average molecular weight is 315 g/mol. The van der Waals surface area contributed by atoms with E-state index in [4.69, 9.17) is 27.9 Å². The first-order chi connectivity index (χ1) is 9.47. The van der Waals surface area contributed by atoms with Crippen LogP contribution in [0.1, 0.15) is 5.56 Å². The Morgan fingerprint density at radius 3 is 2.50 bits per heavy atom. The Hall–Kier alpha value is -1.27. The molecule has 20 heavy (non-hydrogen) atoms. The lowest BCUT2D eigenvalue weighted by Crippen LogP contribution is -2.31. The van der Waals surface area contributed by atoms with Gasteiger partial charge in [-0.1, -0.05) is 29.3 Å². The van der Waals surface area contributed by atoms with Crippen LogP contribution >= 0.6 is 23.2 Å². The van der Waals surface area contributed by atoms with Gasteiger partial charge in [0.15, 0.2) is 0 Å². The summed E-state index contributed by atoms with van der Waals surface area (Å²) in [5, 5.41) is 19.3. The number of rotatable bonds is 4. The molecular weight excluding hydrogens is 305 g/mol. The molecule has 3 nitrogen and oxygen atoms in total. The lowest BCUT2D eigenvalue weighted by Gasteiger charge is -2.12. The van der Waals surface area contributed by atoms with Crippen LogP contribution in [0.3, 0.4) is 0 Å². The maximum atomic E-state index is 13.1. The van der Waals surface area contributed by atoms with Crippen molar-refractivity contribution in [3.63, 3.8) is 0 Å². The molecule has 2 aromatic carbocycles. The zero-order valence-electron chi connectivity index (χ0n) is 10.2. The van der Waals surface area contributed by atoms with Gasteiger partial charge in [-0.3, -0.25) is 0 Å². The average Bonchev–Trinajstić information content (AvgIpc) is 2.38. The minimum Gasteiger partial charge on any atom is -0.489 e. The number of hydrogen-bond donors (Lipinski definition) is 2. The molecule has 0 aliphatic rings. The summed E-state index contributed by atoms with van der Waals surface area (Å²) in [5.74, 6) is -0.405. The first kappa shape index (κ1) is 15.1. The molecule has 0 saturated carbocycles. The summed E-state index contributed by atoms with van der Waals surface area (Å²) in [5.41, 5.74) is 0.633. The summed E-state index contributed by atoms with van der Waals surface area (Å²) in [6, 6.07) is 8.44. The van der Waals surface area contributed by atoms with E-state index < -0.39 is 12.9 Å². The Labute approximate surface area is 125 Å². The van der Waals surface area contributed by atoms with Gasteiger partial charge < -0.3 is 14.8 Å². The molecule has 0 amide bonds. The van der Waals surface area contributed by atoms with Gasteiger partial charge in [0.2, 0.25) is 0 Å². The van der Waals surface area contributed by atoms with E-state index in [0.717, 1.165) is 6.07 Å². The summed E-state index contributed by atoms with van der Waals surface area (Å²) in [4.78, 5) is 0. The maximum absolute atomic E-state index is 13.1. The van der Waals surface area contributed by atoms with E-state index in [0.29, 0.717) is 15.6 Å². The fourth-order valence-corrected chi connectivity index (χ4v) is 2.11. The van der Waals surface area contributed by atoms with Gasteiger partial charge in [0.25, 0.3) is 0 Å². The zero-order valence-corrected chi connectivity index (χ0v) is 11.7. The van der Waals surface area contributed by atoms with Crippen LogP contribution in [0.15, 0.2) is 36.4 Å². The van der Waals surface area contributed by atoms with Crippen LogP contribution in [0.25, 0.3) is 0 Å². The highest BCUT2D eigenvalue weighted by atomic mass is 35.5. The van der Waals surface area contributed by atoms with Gasteiger partial charge in [-0.05, 0) is 30.3 Å². The van der Waals surface area contributed by atoms with E-state index in [1.165, 1.54) is 12.1 Å².